The zero-order valence-corrected chi connectivity index (χ0v) is 13.0. The largest absolute Gasteiger partial charge is 0.489 e. The Balaban J connectivity index is 2.01. The number of hydrogen-bond acceptors (Lipinski definition) is 4. The molecule has 1 aromatic rings. The van der Waals surface area contributed by atoms with E-state index in [0.29, 0.717) is 5.92 Å². The van der Waals surface area contributed by atoms with Crippen molar-refractivity contribution in [1.82, 2.24) is 5.32 Å². The van der Waals surface area contributed by atoms with E-state index < -0.39 is 0 Å². The van der Waals surface area contributed by atoms with E-state index in [2.05, 4.69) is 39.9 Å². The number of fused-ring (bicyclic) bond motifs is 1. The highest BCUT2D eigenvalue weighted by Gasteiger charge is 2.20. The lowest BCUT2D eigenvalue weighted by molar-refractivity contribution is 0.139. The van der Waals surface area contributed by atoms with Gasteiger partial charge in [0.2, 0.25) is 6.79 Å². The first-order chi connectivity index (χ1) is 9.35. The topological polar surface area (TPSA) is 39.7 Å². The minimum Gasteiger partial charge on any atom is -0.489 e. The molecule has 112 valence electrons. The van der Waals surface area contributed by atoms with Gasteiger partial charge >= 0.3 is 0 Å². The van der Waals surface area contributed by atoms with E-state index in [-0.39, 0.29) is 18.4 Å². The van der Waals surface area contributed by atoms with Crippen LogP contribution in [0.3, 0.4) is 0 Å². The lowest BCUT2D eigenvalue weighted by Crippen LogP contribution is -2.44. The van der Waals surface area contributed by atoms with Gasteiger partial charge in [0.1, 0.15) is 11.9 Å². The van der Waals surface area contributed by atoms with Crippen LogP contribution in [-0.2, 0) is 0 Å². The van der Waals surface area contributed by atoms with Gasteiger partial charge in [-0.3, -0.25) is 0 Å². The van der Waals surface area contributed by atoms with Gasteiger partial charge in [0.05, 0.1) is 0 Å². The Morgan fingerprint density at radius 1 is 1.20 bits per heavy atom. The van der Waals surface area contributed by atoms with Crippen LogP contribution < -0.4 is 19.5 Å². The fraction of sp³-hybridized carbons (Fsp3) is 0.625. The van der Waals surface area contributed by atoms with E-state index in [9.17, 15) is 0 Å². The molecule has 0 radical (unpaired) electrons. The molecule has 0 aliphatic carbocycles. The van der Waals surface area contributed by atoms with Gasteiger partial charge in [-0.05, 0) is 38.8 Å². The Labute approximate surface area is 121 Å². The molecule has 20 heavy (non-hydrogen) atoms. The van der Waals surface area contributed by atoms with E-state index in [1.54, 1.807) is 0 Å². The predicted molar refractivity (Wildman–Crippen MR) is 79.6 cm³/mol. The average molecular weight is 279 g/mol. The molecule has 0 bridgehead atoms. The molecule has 1 aliphatic heterocycles. The second-order valence-corrected chi connectivity index (χ2v) is 6.55. The first-order valence-electron chi connectivity index (χ1n) is 7.16. The third kappa shape index (κ3) is 4.04. The second-order valence-electron chi connectivity index (χ2n) is 6.55. The van der Waals surface area contributed by atoms with Crippen molar-refractivity contribution >= 4 is 0 Å². The van der Waals surface area contributed by atoms with Gasteiger partial charge < -0.3 is 19.5 Å². The average Bonchev–Trinajstić information content (AvgIpc) is 2.80. The molecule has 4 heteroatoms. The van der Waals surface area contributed by atoms with E-state index in [1.165, 1.54) is 0 Å². The summed E-state index contributed by atoms with van der Waals surface area (Å²) >= 11 is 0. The van der Waals surface area contributed by atoms with Gasteiger partial charge in [0.25, 0.3) is 0 Å². The number of rotatable bonds is 5. The minimum atomic E-state index is 0.0887. The summed E-state index contributed by atoms with van der Waals surface area (Å²) in [7, 11) is 0. The standard InChI is InChI=1S/C16H25NO3/c1-11(2)15(9-17-16(3,4)5)20-12-6-7-13-14(8-12)19-10-18-13/h6-8,11,15,17H,9-10H2,1-5H3. The third-order valence-electron chi connectivity index (χ3n) is 3.21. The highest BCUT2D eigenvalue weighted by molar-refractivity contribution is 5.46. The molecule has 1 heterocycles. The molecule has 0 saturated heterocycles. The quantitative estimate of drug-likeness (QED) is 0.898. The molecule has 0 saturated carbocycles. The summed E-state index contributed by atoms with van der Waals surface area (Å²) in [5.41, 5.74) is 0.0887. The Kier molecular flexibility index (Phi) is 4.43. The second kappa shape index (κ2) is 5.92. The number of benzene rings is 1. The summed E-state index contributed by atoms with van der Waals surface area (Å²) in [5.74, 6) is 2.79. The minimum absolute atomic E-state index is 0.0887. The highest BCUT2D eigenvalue weighted by atomic mass is 16.7. The van der Waals surface area contributed by atoms with Crippen LogP contribution in [-0.4, -0.2) is 25.0 Å². The van der Waals surface area contributed by atoms with E-state index >= 15 is 0 Å². The Hall–Kier alpha value is -1.42. The van der Waals surface area contributed by atoms with Crippen LogP contribution in [0.5, 0.6) is 17.2 Å². The van der Waals surface area contributed by atoms with Crippen molar-refractivity contribution in [2.75, 3.05) is 13.3 Å². The molecular weight excluding hydrogens is 254 g/mol. The normalized spacial score (nSPS) is 15.5. The first kappa shape index (κ1) is 15.0. The van der Waals surface area contributed by atoms with Crippen molar-refractivity contribution in [2.45, 2.75) is 46.3 Å². The lowest BCUT2D eigenvalue weighted by atomic mass is 10.0. The molecule has 2 rings (SSSR count). The van der Waals surface area contributed by atoms with Crippen molar-refractivity contribution < 1.29 is 14.2 Å². The first-order valence-corrected chi connectivity index (χ1v) is 7.16. The van der Waals surface area contributed by atoms with Crippen molar-refractivity contribution in [3.63, 3.8) is 0 Å². The van der Waals surface area contributed by atoms with Gasteiger partial charge in [-0.15, -0.1) is 0 Å². The molecule has 0 aromatic heterocycles. The van der Waals surface area contributed by atoms with E-state index in [4.69, 9.17) is 14.2 Å². The maximum Gasteiger partial charge on any atom is 0.231 e. The van der Waals surface area contributed by atoms with Gasteiger partial charge in [-0.2, -0.15) is 0 Å². The molecular formula is C16H25NO3. The van der Waals surface area contributed by atoms with Crippen LogP contribution >= 0.6 is 0 Å². The summed E-state index contributed by atoms with van der Waals surface area (Å²) < 4.78 is 16.8. The number of nitrogens with one attached hydrogen (secondary N) is 1. The molecule has 4 nitrogen and oxygen atoms in total. The Morgan fingerprint density at radius 2 is 1.90 bits per heavy atom. The summed E-state index contributed by atoms with van der Waals surface area (Å²) in [6.07, 6.45) is 0.120. The summed E-state index contributed by atoms with van der Waals surface area (Å²) in [4.78, 5) is 0. The fourth-order valence-electron chi connectivity index (χ4n) is 1.95. The van der Waals surface area contributed by atoms with Crippen LogP contribution in [0.25, 0.3) is 0 Å². The van der Waals surface area contributed by atoms with Gasteiger partial charge in [0, 0.05) is 18.2 Å². The van der Waals surface area contributed by atoms with Crippen LogP contribution in [0.1, 0.15) is 34.6 Å². The SMILES string of the molecule is CC(C)C(CNC(C)(C)C)Oc1ccc2c(c1)OCO2. The molecule has 1 aromatic carbocycles. The summed E-state index contributed by atoms with van der Waals surface area (Å²) in [6.45, 7) is 11.9. The Bertz CT molecular complexity index is 452. The summed E-state index contributed by atoms with van der Waals surface area (Å²) in [5, 5.41) is 3.49. The Morgan fingerprint density at radius 3 is 2.55 bits per heavy atom. The lowest BCUT2D eigenvalue weighted by Gasteiger charge is -2.28. The number of hydrogen-bond donors (Lipinski definition) is 1. The van der Waals surface area contributed by atoms with Crippen LogP contribution in [0.2, 0.25) is 0 Å². The van der Waals surface area contributed by atoms with Crippen LogP contribution in [0, 0.1) is 5.92 Å². The van der Waals surface area contributed by atoms with Gasteiger partial charge in [-0.25, -0.2) is 0 Å². The number of ether oxygens (including phenoxy) is 3. The van der Waals surface area contributed by atoms with Crippen LogP contribution in [0.4, 0.5) is 0 Å². The van der Waals surface area contributed by atoms with Gasteiger partial charge in [-0.1, -0.05) is 13.8 Å². The van der Waals surface area contributed by atoms with Crippen molar-refractivity contribution in [2.24, 2.45) is 5.92 Å². The van der Waals surface area contributed by atoms with E-state index in [0.717, 1.165) is 23.8 Å². The van der Waals surface area contributed by atoms with E-state index in [1.807, 2.05) is 18.2 Å². The molecule has 0 spiro atoms. The zero-order valence-electron chi connectivity index (χ0n) is 13.0. The van der Waals surface area contributed by atoms with Crippen molar-refractivity contribution in [3.8, 4) is 17.2 Å². The fourth-order valence-corrected chi connectivity index (χ4v) is 1.95. The van der Waals surface area contributed by atoms with Crippen molar-refractivity contribution in [1.29, 1.82) is 0 Å². The third-order valence-corrected chi connectivity index (χ3v) is 3.21. The molecule has 1 unspecified atom stereocenters. The predicted octanol–water partition coefficient (Wildman–Crippen LogP) is 3.21. The molecule has 1 atom stereocenters. The molecule has 1 aliphatic rings. The smallest absolute Gasteiger partial charge is 0.231 e. The molecule has 0 fully saturated rings. The summed E-state index contributed by atoms with van der Waals surface area (Å²) in [6, 6.07) is 5.72. The monoisotopic (exact) mass is 279 g/mol. The maximum absolute atomic E-state index is 6.10. The van der Waals surface area contributed by atoms with Crippen molar-refractivity contribution in [3.05, 3.63) is 18.2 Å². The highest BCUT2D eigenvalue weighted by Crippen LogP contribution is 2.35. The molecule has 0 amide bonds. The zero-order chi connectivity index (χ0) is 14.8. The van der Waals surface area contributed by atoms with Crippen LogP contribution in [0.15, 0.2) is 18.2 Å². The van der Waals surface area contributed by atoms with Gasteiger partial charge in [0.15, 0.2) is 11.5 Å². The maximum atomic E-state index is 6.10. The molecule has 1 N–H and O–H groups in total.